The molecule has 2 fully saturated rings. The molecule has 11 heteroatoms. The number of carbonyl (C=O) groups excluding carboxylic acids is 1. The molecule has 1 saturated heterocycles. The second-order valence-corrected chi connectivity index (χ2v) is 8.94. The molecule has 0 N–H and O–H groups in total. The fraction of sp³-hybridized carbons (Fsp3) is 0.533. The minimum atomic E-state index is -5.02. The third-order valence-electron chi connectivity index (χ3n) is 4.23. The normalized spacial score (nSPS) is 21.6. The summed E-state index contributed by atoms with van der Waals surface area (Å²) < 4.78 is 68.5. The van der Waals surface area contributed by atoms with E-state index in [4.69, 9.17) is 0 Å². The van der Waals surface area contributed by atoms with Gasteiger partial charge in [0.05, 0.1) is 5.88 Å². The number of halogens is 3. The fourth-order valence-electron chi connectivity index (χ4n) is 2.73. The maximum atomic E-state index is 13.0. The Kier molecular flexibility index (Phi) is 5.15. The molecular formula is C15H17F3N2O4S2. The zero-order valence-electron chi connectivity index (χ0n) is 13.8. The second kappa shape index (κ2) is 6.93. The molecule has 0 bridgehead atoms. The lowest BCUT2D eigenvalue weighted by Gasteiger charge is -2.27. The van der Waals surface area contributed by atoms with E-state index in [9.17, 15) is 26.4 Å². The molecule has 6 nitrogen and oxygen atoms in total. The van der Waals surface area contributed by atoms with Crippen molar-refractivity contribution < 1.29 is 31.1 Å². The number of amides is 1. The molecule has 1 heterocycles. The molecule has 1 atom stereocenters. The van der Waals surface area contributed by atoms with Crippen molar-refractivity contribution in [3.8, 4) is 5.75 Å². The molecule has 1 unspecified atom stereocenters. The number of thioether (sulfide) groups is 1. The number of alkyl halides is 3. The van der Waals surface area contributed by atoms with E-state index in [1.54, 1.807) is 7.05 Å². The first-order chi connectivity index (χ1) is 12.1. The van der Waals surface area contributed by atoms with Crippen molar-refractivity contribution in [2.45, 2.75) is 36.2 Å². The molecule has 0 spiro atoms. The van der Waals surface area contributed by atoms with Crippen LogP contribution in [-0.4, -0.2) is 60.7 Å². The Morgan fingerprint density at radius 1 is 1.31 bits per heavy atom. The molecule has 1 aliphatic heterocycles. The summed E-state index contributed by atoms with van der Waals surface area (Å²) in [6.45, 7) is 0. The minimum absolute atomic E-state index is 0.00238. The van der Waals surface area contributed by atoms with Gasteiger partial charge in [-0.2, -0.15) is 4.31 Å². The van der Waals surface area contributed by atoms with E-state index in [1.807, 2.05) is 0 Å². The monoisotopic (exact) mass is 410 g/mol. The number of hydrogen-bond donors (Lipinski definition) is 0. The topological polar surface area (TPSA) is 66.9 Å². The lowest BCUT2D eigenvalue weighted by Crippen LogP contribution is -2.48. The first kappa shape index (κ1) is 19.3. The molecule has 1 saturated carbocycles. The van der Waals surface area contributed by atoms with Crippen LogP contribution in [-0.2, 0) is 14.8 Å². The lowest BCUT2D eigenvalue weighted by molar-refractivity contribution is -0.275. The molecule has 144 valence electrons. The van der Waals surface area contributed by atoms with Crippen LogP contribution < -0.4 is 4.74 Å². The summed E-state index contributed by atoms with van der Waals surface area (Å²) >= 11 is 1.24. The Balaban J connectivity index is 1.91. The van der Waals surface area contributed by atoms with Gasteiger partial charge in [0.25, 0.3) is 0 Å². The van der Waals surface area contributed by atoms with Crippen molar-refractivity contribution in [2.75, 3.05) is 18.7 Å². The Morgan fingerprint density at radius 2 is 1.96 bits per heavy atom. The van der Waals surface area contributed by atoms with Crippen LogP contribution >= 0.6 is 11.8 Å². The highest BCUT2D eigenvalue weighted by Gasteiger charge is 2.45. The number of rotatable bonds is 5. The van der Waals surface area contributed by atoms with Crippen LogP contribution in [0.3, 0.4) is 0 Å². The van der Waals surface area contributed by atoms with Crippen molar-refractivity contribution in [3.63, 3.8) is 0 Å². The fourth-order valence-corrected chi connectivity index (χ4v) is 5.99. The predicted octanol–water partition coefficient (Wildman–Crippen LogP) is 2.27. The highest BCUT2D eigenvalue weighted by Crippen LogP contribution is 2.36. The predicted molar refractivity (Wildman–Crippen MR) is 89.1 cm³/mol. The van der Waals surface area contributed by atoms with Gasteiger partial charge in [0.1, 0.15) is 16.7 Å². The molecule has 3 rings (SSSR count). The van der Waals surface area contributed by atoms with Gasteiger partial charge in [0.15, 0.2) is 0 Å². The summed E-state index contributed by atoms with van der Waals surface area (Å²) in [5.41, 5.74) is 0. The third kappa shape index (κ3) is 3.94. The first-order valence-electron chi connectivity index (χ1n) is 7.82. The van der Waals surface area contributed by atoms with Crippen LogP contribution in [0.1, 0.15) is 12.8 Å². The summed E-state index contributed by atoms with van der Waals surface area (Å²) in [7, 11) is -2.72. The maximum Gasteiger partial charge on any atom is 0.573 e. The number of nitrogens with zero attached hydrogens (tertiary/aromatic N) is 2. The maximum absolute atomic E-state index is 13.0. The highest BCUT2D eigenvalue weighted by molar-refractivity contribution is 8.00. The number of sulfonamides is 1. The molecule has 1 aliphatic carbocycles. The highest BCUT2D eigenvalue weighted by atomic mass is 32.2. The van der Waals surface area contributed by atoms with Crippen LogP contribution in [0.2, 0.25) is 0 Å². The molecule has 1 amide bonds. The van der Waals surface area contributed by atoms with Gasteiger partial charge in [0, 0.05) is 18.8 Å². The summed E-state index contributed by atoms with van der Waals surface area (Å²) in [4.78, 5) is 13.5. The zero-order valence-corrected chi connectivity index (χ0v) is 15.4. The number of benzene rings is 1. The van der Waals surface area contributed by atoms with Gasteiger partial charge in [-0.05, 0) is 25.0 Å². The van der Waals surface area contributed by atoms with Crippen molar-refractivity contribution in [2.24, 2.45) is 0 Å². The molecular weight excluding hydrogens is 393 g/mol. The van der Waals surface area contributed by atoms with Crippen LogP contribution in [0.25, 0.3) is 0 Å². The number of likely N-dealkylation sites (N-methyl/N-ethyl adjacent to an activating group) is 1. The number of carbonyl (C=O) groups is 1. The largest absolute Gasteiger partial charge is 0.573 e. The summed E-state index contributed by atoms with van der Waals surface area (Å²) in [6, 6.07) is 3.73. The van der Waals surface area contributed by atoms with E-state index < -0.39 is 33.1 Å². The van der Waals surface area contributed by atoms with Crippen LogP contribution in [0.4, 0.5) is 13.2 Å². The third-order valence-corrected chi connectivity index (χ3v) is 7.30. The quantitative estimate of drug-likeness (QED) is 0.745. The number of para-hydroxylation sites is 1. The molecule has 1 aromatic rings. The smallest absolute Gasteiger partial charge is 0.404 e. The summed E-state index contributed by atoms with van der Waals surface area (Å²) in [5, 5.41) is 0. The van der Waals surface area contributed by atoms with E-state index >= 15 is 0 Å². The number of ether oxygens (including phenoxy) is 1. The van der Waals surface area contributed by atoms with Gasteiger partial charge in [-0.25, -0.2) is 8.42 Å². The van der Waals surface area contributed by atoms with Gasteiger partial charge < -0.3 is 9.64 Å². The van der Waals surface area contributed by atoms with Crippen molar-refractivity contribution in [1.82, 2.24) is 9.21 Å². The number of hydrogen-bond acceptors (Lipinski definition) is 5. The van der Waals surface area contributed by atoms with Gasteiger partial charge >= 0.3 is 6.36 Å². The molecule has 0 aromatic heterocycles. The van der Waals surface area contributed by atoms with Gasteiger partial charge in [0.2, 0.25) is 15.9 Å². The van der Waals surface area contributed by atoms with Gasteiger partial charge in [-0.1, -0.05) is 12.1 Å². The zero-order chi connectivity index (χ0) is 19.1. The first-order valence-corrected chi connectivity index (χ1v) is 10.4. The van der Waals surface area contributed by atoms with Crippen LogP contribution in [0.15, 0.2) is 29.2 Å². The van der Waals surface area contributed by atoms with Gasteiger partial charge in [-0.3, -0.25) is 4.79 Å². The molecule has 1 aromatic carbocycles. The Labute approximate surface area is 153 Å². The Morgan fingerprint density at radius 3 is 2.58 bits per heavy atom. The van der Waals surface area contributed by atoms with Crippen molar-refractivity contribution in [1.29, 1.82) is 0 Å². The summed E-state index contributed by atoms with van der Waals surface area (Å²) in [5.74, 6) is -0.886. The van der Waals surface area contributed by atoms with Crippen LogP contribution in [0.5, 0.6) is 5.75 Å². The molecule has 2 aliphatic rings. The Hall–Kier alpha value is -1.46. The lowest BCUT2D eigenvalue weighted by atomic mass is 10.3. The minimum Gasteiger partial charge on any atom is -0.404 e. The van der Waals surface area contributed by atoms with Crippen molar-refractivity contribution in [3.05, 3.63) is 24.3 Å². The van der Waals surface area contributed by atoms with E-state index in [0.29, 0.717) is 0 Å². The molecule has 26 heavy (non-hydrogen) atoms. The van der Waals surface area contributed by atoms with Crippen molar-refractivity contribution >= 4 is 27.7 Å². The molecule has 0 radical (unpaired) electrons. The average molecular weight is 410 g/mol. The standard InChI is InChI=1S/C15H17F3N2O4S2/c1-19(10-6-7-10)14(21)11-8-25-9-20(11)26(22,23)13-5-3-2-4-12(13)24-15(16,17)18/h2-5,10-11H,6-9H2,1H3. The van der Waals surface area contributed by atoms with E-state index in [1.165, 1.54) is 28.8 Å². The van der Waals surface area contributed by atoms with E-state index in [0.717, 1.165) is 29.3 Å². The van der Waals surface area contributed by atoms with E-state index in [2.05, 4.69) is 4.74 Å². The average Bonchev–Trinajstić information content (AvgIpc) is 3.28. The summed E-state index contributed by atoms with van der Waals surface area (Å²) in [6.07, 6.45) is -3.28. The van der Waals surface area contributed by atoms with Gasteiger partial charge in [-0.15, -0.1) is 24.9 Å². The van der Waals surface area contributed by atoms with Crippen LogP contribution in [0, 0.1) is 0 Å². The Bertz CT molecular complexity index is 796. The SMILES string of the molecule is CN(C(=O)C1CSCN1S(=O)(=O)c1ccccc1OC(F)(F)F)C1CC1. The second-order valence-electron chi connectivity index (χ2n) is 6.08. The van der Waals surface area contributed by atoms with E-state index in [-0.39, 0.29) is 23.6 Å².